The topological polar surface area (TPSA) is 95.7 Å². The number of hydrogen-bond acceptors (Lipinski definition) is 3. The number of carbonyl (C=O) groups is 2. The number of nitrogens with one attached hydrogen (secondary N) is 2. The van der Waals surface area contributed by atoms with E-state index in [0.29, 0.717) is 32.2 Å². The fraction of sp³-hybridized carbons (Fsp3) is 0.438. The van der Waals surface area contributed by atoms with Crippen molar-refractivity contribution in [1.29, 1.82) is 0 Å². The number of fused-ring (bicyclic) bond motifs is 1. The zero-order valence-electron chi connectivity index (χ0n) is 12.7. The molecule has 0 saturated heterocycles. The van der Waals surface area contributed by atoms with Crippen LogP contribution in [0.4, 0.5) is 4.79 Å². The Hall–Kier alpha value is -2.57. The number of rotatable bonds is 4. The van der Waals surface area contributed by atoms with Gasteiger partial charge >= 0.3 is 12.0 Å². The number of urea groups is 1. The largest absolute Gasteiger partial charge is 0.481 e. The van der Waals surface area contributed by atoms with E-state index in [-0.39, 0.29) is 18.0 Å². The molecule has 0 bridgehead atoms. The standard InChI is InChI=1S/C16H20N4O3/c21-15(22)11-4-6-13(7-5-11)19-16(23)17-9-12-10-18-20-8-2-1-3-14(12)20/h1-3,8,10-11,13H,4-7,9H2,(H,21,22)(H2,17,19,23). The van der Waals surface area contributed by atoms with E-state index < -0.39 is 5.97 Å². The predicted octanol–water partition coefficient (Wildman–Crippen LogP) is 1.78. The molecule has 2 aromatic heterocycles. The number of carboxylic acids is 1. The van der Waals surface area contributed by atoms with Gasteiger partial charge in [0.1, 0.15) is 0 Å². The van der Waals surface area contributed by atoms with Crippen LogP contribution in [0.25, 0.3) is 5.52 Å². The van der Waals surface area contributed by atoms with Crippen LogP contribution in [-0.4, -0.2) is 32.8 Å². The SMILES string of the molecule is O=C(NCc1cnn2ccccc12)NC1CCC(C(=O)O)CC1. The molecule has 0 aliphatic heterocycles. The molecule has 0 aromatic carbocycles. The van der Waals surface area contributed by atoms with Gasteiger partial charge in [-0.1, -0.05) is 6.07 Å². The Morgan fingerprint density at radius 1 is 1.26 bits per heavy atom. The van der Waals surface area contributed by atoms with E-state index in [4.69, 9.17) is 5.11 Å². The van der Waals surface area contributed by atoms with Crippen LogP contribution in [0.1, 0.15) is 31.2 Å². The van der Waals surface area contributed by atoms with Gasteiger partial charge in [0.15, 0.2) is 0 Å². The van der Waals surface area contributed by atoms with Crippen LogP contribution in [0.3, 0.4) is 0 Å². The molecule has 3 rings (SSSR count). The van der Waals surface area contributed by atoms with E-state index in [9.17, 15) is 9.59 Å². The van der Waals surface area contributed by atoms with Crippen molar-refractivity contribution in [2.24, 2.45) is 5.92 Å². The molecule has 122 valence electrons. The minimum Gasteiger partial charge on any atom is -0.481 e. The number of carboxylic acid groups (broad SMARTS) is 1. The van der Waals surface area contributed by atoms with Crippen molar-refractivity contribution in [2.75, 3.05) is 0 Å². The molecule has 0 unspecified atom stereocenters. The normalized spacial score (nSPS) is 21.0. The fourth-order valence-electron chi connectivity index (χ4n) is 3.02. The molecule has 2 amide bonds. The van der Waals surface area contributed by atoms with Crippen LogP contribution in [-0.2, 0) is 11.3 Å². The van der Waals surface area contributed by atoms with Gasteiger partial charge in [0.25, 0.3) is 0 Å². The van der Waals surface area contributed by atoms with Crippen molar-refractivity contribution in [1.82, 2.24) is 20.2 Å². The van der Waals surface area contributed by atoms with Crippen molar-refractivity contribution in [3.63, 3.8) is 0 Å². The van der Waals surface area contributed by atoms with Crippen LogP contribution < -0.4 is 10.6 Å². The van der Waals surface area contributed by atoms with Crippen molar-refractivity contribution >= 4 is 17.5 Å². The van der Waals surface area contributed by atoms with Crippen molar-refractivity contribution < 1.29 is 14.7 Å². The molecule has 1 aliphatic rings. The van der Waals surface area contributed by atoms with Gasteiger partial charge in [-0.3, -0.25) is 4.79 Å². The molecule has 1 fully saturated rings. The molecule has 0 radical (unpaired) electrons. The zero-order chi connectivity index (χ0) is 16.2. The maximum Gasteiger partial charge on any atom is 0.315 e. The number of carbonyl (C=O) groups excluding carboxylic acids is 1. The summed E-state index contributed by atoms with van der Waals surface area (Å²) in [5, 5.41) is 19.0. The van der Waals surface area contributed by atoms with Gasteiger partial charge in [0.05, 0.1) is 17.6 Å². The van der Waals surface area contributed by atoms with Gasteiger partial charge < -0.3 is 15.7 Å². The highest BCUT2D eigenvalue weighted by molar-refractivity contribution is 5.74. The molecule has 0 spiro atoms. The third-order valence-electron chi connectivity index (χ3n) is 4.36. The Morgan fingerprint density at radius 3 is 2.78 bits per heavy atom. The number of aliphatic carboxylic acids is 1. The molecular formula is C16H20N4O3. The highest BCUT2D eigenvalue weighted by Gasteiger charge is 2.26. The van der Waals surface area contributed by atoms with E-state index in [0.717, 1.165) is 11.1 Å². The van der Waals surface area contributed by atoms with Crippen molar-refractivity contribution in [3.8, 4) is 0 Å². The Balaban J connectivity index is 1.48. The highest BCUT2D eigenvalue weighted by Crippen LogP contribution is 2.24. The second-order valence-electron chi connectivity index (χ2n) is 5.91. The summed E-state index contributed by atoms with van der Waals surface area (Å²) in [5.74, 6) is -1.00. The predicted molar refractivity (Wildman–Crippen MR) is 83.9 cm³/mol. The van der Waals surface area contributed by atoms with Gasteiger partial charge in [-0.15, -0.1) is 0 Å². The third kappa shape index (κ3) is 3.61. The Labute approximate surface area is 133 Å². The minimum atomic E-state index is -0.735. The van der Waals surface area contributed by atoms with Gasteiger partial charge in [0.2, 0.25) is 0 Å². The summed E-state index contributed by atoms with van der Waals surface area (Å²) in [4.78, 5) is 22.9. The van der Waals surface area contributed by atoms with Crippen molar-refractivity contribution in [3.05, 3.63) is 36.2 Å². The molecule has 3 N–H and O–H groups in total. The summed E-state index contributed by atoms with van der Waals surface area (Å²) in [6.07, 6.45) is 6.26. The zero-order valence-corrected chi connectivity index (χ0v) is 12.7. The molecule has 2 heterocycles. The van der Waals surface area contributed by atoms with Crippen LogP contribution in [0, 0.1) is 5.92 Å². The first kappa shape index (κ1) is 15.3. The first-order valence-corrected chi connectivity index (χ1v) is 7.82. The molecule has 0 atom stereocenters. The summed E-state index contributed by atoms with van der Waals surface area (Å²) in [7, 11) is 0. The number of aromatic nitrogens is 2. The van der Waals surface area contributed by atoms with E-state index in [1.165, 1.54) is 0 Å². The minimum absolute atomic E-state index is 0.0505. The Bertz CT molecular complexity index is 704. The van der Waals surface area contributed by atoms with Gasteiger partial charge in [-0.25, -0.2) is 9.31 Å². The van der Waals surface area contributed by atoms with Crippen LogP contribution in [0.15, 0.2) is 30.6 Å². The lowest BCUT2D eigenvalue weighted by molar-refractivity contribution is -0.142. The van der Waals surface area contributed by atoms with Gasteiger partial charge in [-0.2, -0.15) is 5.10 Å². The first-order chi connectivity index (χ1) is 11.1. The summed E-state index contributed by atoms with van der Waals surface area (Å²) in [6.45, 7) is 0.407. The molecule has 2 aromatic rings. The number of nitrogens with zero attached hydrogens (tertiary/aromatic N) is 2. The fourth-order valence-corrected chi connectivity index (χ4v) is 3.02. The average Bonchev–Trinajstić information content (AvgIpc) is 2.97. The summed E-state index contributed by atoms with van der Waals surface area (Å²) >= 11 is 0. The summed E-state index contributed by atoms with van der Waals surface area (Å²) < 4.78 is 1.77. The second-order valence-corrected chi connectivity index (χ2v) is 5.91. The first-order valence-electron chi connectivity index (χ1n) is 7.82. The Kier molecular flexibility index (Phi) is 4.45. The maximum absolute atomic E-state index is 12.0. The maximum atomic E-state index is 12.0. The lowest BCUT2D eigenvalue weighted by Crippen LogP contribution is -2.43. The molecule has 7 heteroatoms. The number of pyridine rings is 1. The number of amides is 2. The smallest absolute Gasteiger partial charge is 0.315 e. The summed E-state index contributed by atoms with van der Waals surface area (Å²) in [6, 6.07) is 5.61. The van der Waals surface area contributed by atoms with E-state index >= 15 is 0 Å². The Morgan fingerprint density at radius 2 is 2.04 bits per heavy atom. The molecule has 23 heavy (non-hydrogen) atoms. The lowest BCUT2D eigenvalue weighted by atomic mass is 9.86. The van der Waals surface area contributed by atoms with E-state index in [2.05, 4.69) is 15.7 Å². The lowest BCUT2D eigenvalue weighted by Gasteiger charge is -2.26. The monoisotopic (exact) mass is 316 g/mol. The molecular weight excluding hydrogens is 296 g/mol. The quantitative estimate of drug-likeness (QED) is 0.801. The van der Waals surface area contributed by atoms with E-state index in [1.54, 1.807) is 10.7 Å². The van der Waals surface area contributed by atoms with Crippen LogP contribution in [0.5, 0.6) is 0 Å². The van der Waals surface area contributed by atoms with Crippen LogP contribution in [0.2, 0.25) is 0 Å². The second kappa shape index (κ2) is 6.68. The molecule has 7 nitrogen and oxygen atoms in total. The van der Waals surface area contributed by atoms with E-state index in [1.807, 2.05) is 24.4 Å². The van der Waals surface area contributed by atoms with Crippen molar-refractivity contribution in [2.45, 2.75) is 38.3 Å². The molecule has 1 aliphatic carbocycles. The average molecular weight is 316 g/mol. The van der Waals surface area contributed by atoms with Gasteiger partial charge in [-0.05, 0) is 37.8 Å². The molecule has 1 saturated carbocycles. The highest BCUT2D eigenvalue weighted by atomic mass is 16.4. The third-order valence-corrected chi connectivity index (χ3v) is 4.36. The number of hydrogen-bond donors (Lipinski definition) is 3. The van der Waals surface area contributed by atoms with Gasteiger partial charge in [0, 0.05) is 24.3 Å². The summed E-state index contributed by atoms with van der Waals surface area (Å²) in [5.41, 5.74) is 1.92. The van der Waals surface area contributed by atoms with Crippen LogP contribution >= 0.6 is 0 Å².